The van der Waals surface area contributed by atoms with E-state index in [2.05, 4.69) is 28.5 Å². The maximum absolute atomic E-state index is 11.9. The summed E-state index contributed by atoms with van der Waals surface area (Å²) in [5.74, 6) is 1.04. The van der Waals surface area contributed by atoms with Crippen LogP contribution in [-0.2, 0) is 17.6 Å². The highest BCUT2D eigenvalue weighted by Gasteiger charge is 2.39. The number of fused-ring (bicyclic) bond motifs is 1. The molecule has 1 atom stereocenters. The monoisotopic (exact) mass is 440 g/mol. The summed E-state index contributed by atoms with van der Waals surface area (Å²) in [6.45, 7) is 1.47. The van der Waals surface area contributed by atoms with E-state index in [4.69, 9.17) is 5.73 Å². The van der Waals surface area contributed by atoms with E-state index in [0.29, 0.717) is 30.9 Å². The first kappa shape index (κ1) is 17.5. The Morgan fingerprint density at radius 3 is 2.88 bits per heavy atom. The summed E-state index contributed by atoms with van der Waals surface area (Å²) in [5, 5.41) is 3.18. The highest BCUT2D eigenvalue weighted by molar-refractivity contribution is 14.0. The predicted molar refractivity (Wildman–Crippen MR) is 107 cm³/mol. The second-order valence-corrected chi connectivity index (χ2v) is 7.04. The number of anilines is 1. The number of hydrogen-bond acceptors (Lipinski definition) is 2. The zero-order chi connectivity index (χ0) is 15.8. The van der Waals surface area contributed by atoms with Crippen LogP contribution in [0.5, 0.6) is 0 Å². The van der Waals surface area contributed by atoms with Crippen LogP contribution in [0.25, 0.3) is 0 Å². The number of benzene rings is 1. The van der Waals surface area contributed by atoms with E-state index in [1.165, 1.54) is 36.8 Å². The molecule has 3 N–H and O–H groups in total. The van der Waals surface area contributed by atoms with Crippen LogP contribution in [-0.4, -0.2) is 35.9 Å². The molecule has 24 heavy (non-hydrogen) atoms. The summed E-state index contributed by atoms with van der Waals surface area (Å²) in [6, 6.07) is 6.94. The van der Waals surface area contributed by atoms with Gasteiger partial charge in [-0.15, -0.1) is 24.0 Å². The molecule has 3 aliphatic rings. The van der Waals surface area contributed by atoms with E-state index in [1.54, 1.807) is 0 Å². The van der Waals surface area contributed by atoms with Gasteiger partial charge in [-0.25, -0.2) is 0 Å². The van der Waals surface area contributed by atoms with Crippen LogP contribution >= 0.6 is 24.0 Å². The third kappa shape index (κ3) is 3.84. The number of guanidine groups is 1. The lowest BCUT2D eigenvalue weighted by Crippen LogP contribution is -2.28. The Labute approximate surface area is 160 Å². The summed E-state index contributed by atoms with van der Waals surface area (Å²) in [5.41, 5.74) is 9.89. The fraction of sp³-hybridized carbons (Fsp3) is 0.556. The number of aryl methyl sites for hydroxylation is 2. The summed E-state index contributed by atoms with van der Waals surface area (Å²) >= 11 is 0. The second kappa shape index (κ2) is 7.29. The van der Waals surface area contributed by atoms with Crippen molar-refractivity contribution >= 4 is 41.5 Å². The molecule has 130 valence electrons. The van der Waals surface area contributed by atoms with Crippen molar-refractivity contribution in [3.63, 3.8) is 0 Å². The fourth-order valence-electron chi connectivity index (χ4n) is 3.73. The van der Waals surface area contributed by atoms with Gasteiger partial charge in [0.15, 0.2) is 5.96 Å². The number of hydrogen-bond donors (Lipinski definition) is 2. The zero-order valence-electron chi connectivity index (χ0n) is 13.8. The lowest BCUT2D eigenvalue weighted by Gasteiger charge is -2.14. The van der Waals surface area contributed by atoms with E-state index in [9.17, 15) is 4.79 Å². The van der Waals surface area contributed by atoms with E-state index in [1.807, 2.05) is 4.90 Å². The molecule has 1 aromatic rings. The summed E-state index contributed by atoms with van der Waals surface area (Å²) in [4.78, 5) is 18.4. The van der Waals surface area contributed by atoms with Crippen molar-refractivity contribution in [3.8, 4) is 0 Å². The summed E-state index contributed by atoms with van der Waals surface area (Å²) in [7, 11) is 0. The van der Waals surface area contributed by atoms with Gasteiger partial charge in [0.1, 0.15) is 0 Å². The molecule has 1 amide bonds. The first-order valence-corrected chi connectivity index (χ1v) is 8.67. The van der Waals surface area contributed by atoms with Crippen molar-refractivity contribution in [1.29, 1.82) is 0 Å². The van der Waals surface area contributed by atoms with Gasteiger partial charge < -0.3 is 16.0 Å². The number of rotatable bonds is 4. The standard InChI is InChI=1S/C18H24N4O.HI/c19-18(21-15-5-4-13-2-1-3-14(13)9-15)20-10-12-8-17(23)22(11-12)16-6-7-16;/h4-5,9,12,16H,1-3,6-8,10-11H2,(H3,19,20,21);1H. The Morgan fingerprint density at radius 1 is 1.29 bits per heavy atom. The topological polar surface area (TPSA) is 70.7 Å². The van der Waals surface area contributed by atoms with Gasteiger partial charge in [0, 0.05) is 37.2 Å². The van der Waals surface area contributed by atoms with E-state index >= 15 is 0 Å². The molecule has 4 rings (SSSR count). The molecule has 1 heterocycles. The summed E-state index contributed by atoms with van der Waals surface area (Å²) in [6.07, 6.45) is 6.55. The van der Waals surface area contributed by atoms with E-state index < -0.39 is 0 Å². The van der Waals surface area contributed by atoms with E-state index in [0.717, 1.165) is 18.7 Å². The molecule has 5 nitrogen and oxygen atoms in total. The average molecular weight is 440 g/mol. The molecule has 1 saturated carbocycles. The van der Waals surface area contributed by atoms with Gasteiger partial charge in [-0.1, -0.05) is 6.07 Å². The number of nitrogens with two attached hydrogens (primary N) is 1. The average Bonchev–Trinajstić information content (AvgIpc) is 3.15. The minimum absolute atomic E-state index is 0. The Hall–Kier alpha value is -1.31. The van der Waals surface area contributed by atoms with Crippen LogP contribution in [0.1, 0.15) is 36.8 Å². The van der Waals surface area contributed by atoms with Crippen LogP contribution in [0.4, 0.5) is 5.69 Å². The Bertz CT molecular complexity index is 656. The highest BCUT2D eigenvalue weighted by Crippen LogP contribution is 2.32. The van der Waals surface area contributed by atoms with Gasteiger partial charge in [-0.05, 0) is 55.4 Å². The molecular formula is C18H25IN4O. The number of nitrogens with one attached hydrogen (secondary N) is 1. The number of carbonyl (C=O) groups excluding carboxylic acids is 1. The number of nitrogens with zero attached hydrogens (tertiary/aromatic N) is 2. The quantitative estimate of drug-likeness (QED) is 0.430. The zero-order valence-corrected chi connectivity index (χ0v) is 16.2. The molecule has 1 saturated heterocycles. The Morgan fingerprint density at radius 2 is 2.08 bits per heavy atom. The first-order valence-electron chi connectivity index (χ1n) is 8.67. The first-order chi connectivity index (χ1) is 11.2. The minimum atomic E-state index is 0. The molecule has 0 bridgehead atoms. The Balaban J connectivity index is 0.00000169. The molecule has 1 unspecified atom stereocenters. The number of halogens is 1. The van der Waals surface area contributed by atoms with Crippen LogP contribution in [0.2, 0.25) is 0 Å². The van der Waals surface area contributed by atoms with Crippen molar-refractivity contribution in [3.05, 3.63) is 29.3 Å². The van der Waals surface area contributed by atoms with Crippen LogP contribution in [0, 0.1) is 5.92 Å². The smallest absolute Gasteiger partial charge is 0.223 e. The third-order valence-corrected chi connectivity index (χ3v) is 5.12. The van der Waals surface area contributed by atoms with Crippen molar-refractivity contribution < 1.29 is 4.79 Å². The number of likely N-dealkylation sites (tertiary alicyclic amines) is 1. The number of aliphatic imine (C=N–C) groups is 1. The molecule has 0 spiro atoms. The van der Waals surface area contributed by atoms with Gasteiger partial charge >= 0.3 is 0 Å². The maximum Gasteiger partial charge on any atom is 0.223 e. The highest BCUT2D eigenvalue weighted by atomic mass is 127. The minimum Gasteiger partial charge on any atom is -0.370 e. The lowest BCUT2D eigenvalue weighted by atomic mass is 10.1. The van der Waals surface area contributed by atoms with Crippen LogP contribution < -0.4 is 11.1 Å². The molecular weight excluding hydrogens is 415 g/mol. The Kier molecular flexibility index (Phi) is 5.32. The van der Waals surface area contributed by atoms with Gasteiger partial charge in [-0.2, -0.15) is 0 Å². The SMILES string of the molecule is I.NC(=NCC1CC(=O)N(C2CC2)C1)Nc1ccc2c(c1)CCC2. The molecule has 6 heteroatoms. The van der Waals surface area contributed by atoms with Crippen LogP contribution in [0.3, 0.4) is 0 Å². The van der Waals surface area contributed by atoms with Crippen molar-refractivity contribution in [2.45, 2.75) is 44.6 Å². The molecule has 1 aromatic carbocycles. The molecule has 0 radical (unpaired) electrons. The predicted octanol–water partition coefficient (Wildman–Crippen LogP) is 2.53. The van der Waals surface area contributed by atoms with Crippen LogP contribution in [0.15, 0.2) is 23.2 Å². The number of amides is 1. The van der Waals surface area contributed by atoms with Gasteiger partial charge in [0.25, 0.3) is 0 Å². The maximum atomic E-state index is 11.9. The van der Waals surface area contributed by atoms with Gasteiger partial charge in [0.2, 0.25) is 5.91 Å². The lowest BCUT2D eigenvalue weighted by molar-refractivity contribution is -0.128. The fourth-order valence-corrected chi connectivity index (χ4v) is 3.73. The number of carbonyl (C=O) groups is 1. The van der Waals surface area contributed by atoms with Crippen molar-refractivity contribution in [2.75, 3.05) is 18.4 Å². The molecule has 2 aliphatic carbocycles. The van der Waals surface area contributed by atoms with Gasteiger partial charge in [-0.3, -0.25) is 9.79 Å². The molecule has 0 aromatic heterocycles. The third-order valence-electron chi connectivity index (χ3n) is 5.12. The molecule has 2 fully saturated rings. The van der Waals surface area contributed by atoms with E-state index in [-0.39, 0.29) is 29.9 Å². The second-order valence-electron chi connectivity index (χ2n) is 7.04. The van der Waals surface area contributed by atoms with Gasteiger partial charge in [0.05, 0.1) is 0 Å². The molecule has 1 aliphatic heterocycles. The van der Waals surface area contributed by atoms with Crippen molar-refractivity contribution in [2.24, 2.45) is 16.6 Å². The normalized spacial score (nSPS) is 23.2. The summed E-state index contributed by atoms with van der Waals surface area (Å²) < 4.78 is 0. The van der Waals surface area contributed by atoms with Crippen molar-refractivity contribution in [1.82, 2.24) is 4.90 Å². The largest absolute Gasteiger partial charge is 0.370 e.